The van der Waals surface area contributed by atoms with Crippen LogP contribution in [0.25, 0.3) is 0 Å². The molecule has 1 heterocycles. The maximum absolute atomic E-state index is 5.19. The number of nitrogens with zero attached hydrogens (tertiary/aromatic N) is 1. The summed E-state index contributed by atoms with van der Waals surface area (Å²) in [5, 5.41) is 4.04. The van der Waals surface area contributed by atoms with Gasteiger partial charge in [0.25, 0.3) is 0 Å². The molecule has 0 unspecified atom stereocenters. The number of thiocarbonyl (C=S) groups is 1. The molecule has 0 spiro atoms. The van der Waals surface area contributed by atoms with Gasteiger partial charge in [0.2, 0.25) is 0 Å². The van der Waals surface area contributed by atoms with Crippen LogP contribution in [0.15, 0.2) is 0 Å². The molecule has 0 aromatic rings. The zero-order chi connectivity index (χ0) is 8.81. The lowest BCUT2D eigenvalue weighted by Gasteiger charge is -2.19. The van der Waals surface area contributed by atoms with Crippen molar-refractivity contribution in [1.82, 2.24) is 10.2 Å². The van der Waals surface area contributed by atoms with E-state index in [2.05, 4.69) is 10.2 Å². The molecule has 12 heavy (non-hydrogen) atoms. The van der Waals surface area contributed by atoms with Gasteiger partial charge >= 0.3 is 0 Å². The van der Waals surface area contributed by atoms with Crippen LogP contribution in [0.4, 0.5) is 0 Å². The Morgan fingerprint density at radius 1 is 1.50 bits per heavy atom. The number of ether oxygens (including phenoxy) is 1. The molecule has 0 amide bonds. The second kappa shape index (κ2) is 5.32. The number of nitrogens with one attached hydrogen (secondary N) is 1. The molecule has 3 nitrogen and oxygen atoms in total. The molecule has 70 valence electrons. The number of likely N-dealkylation sites (tertiary alicyclic amines) is 1. The van der Waals surface area contributed by atoms with E-state index in [4.69, 9.17) is 17.0 Å². The van der Waals surface area contributed by atoms with Crippen LogP contribution >= 0.6 is 12.2 Å². The van der Waals surface area contributed by atoms with Crippen molar-refractivity contribution in [3.05, 3.63) is 0 Å². The average molecular weight is 188 g/mol. The van der Waals surface area contributed by atoms with Crippen LogP contribution in [0.1, 0.15) is 12.8 Å². The first-order valence-corrected chi connectivity index (χ1v) is 4.77. The molecule has 0 aliphatic carbocycles. The Hall–Kier alpha value is -0.350. The lowest BCUT2D eigenvalue weighted by molar-refractivity contribution is 0.203. The second-order valence-corrected chi connectivity index (χ2v) is 3.31. The Labute approximate surface area is 79.1 Å². The van der Waals surface area contributed by atoms with Crippen molar-refractivity contribution in [2.24, 2.45) is 0 Å². The van der Waals surface area contributed by atoms with E-state index in [1.807, 2.05) is 0 Å². The van der Waals surface area contributed by atoms with E-state index in [0.29, 0.717) is 6.61 Å². The first kappa shape index (κ1) is 9.74. The van der Waals surface area contributed by atoms with E-state index in [-0.39, 0.29) is 0 Å². The van der Waals surface area contributed by atoms with Gasteiger partial charge in [0.15, 0.2) is 5.11 Å². The van der Waals surface area contributed by atoms with E-state index in [0.717, 1.165) is 24.7 Å². The fourth-order valence-electron chi connectivity index (χ4n) is 1.29. The van der Waals surface area contributed by atoms with Gasteiger partial charge in [0.1, 0.15) is 0 Å². The van der Waals surface area contributed by atoms with Crippen LogP contribution in [0, 0.1) is 0 Å². The molecule has 1 rings (SSSR count). The predicted octanol–water partition coefficient (Wildman–Crippen LogP) is 0.603. The van der Waals surface area contributed by atoms with Crippen molar-refractivity contribution in [2.45, 2.75) is 12.8 Å². The molecule has 0 aromatic carbocycles. The predicted molar refractivity (Wildman–Crippen MR) is 53.3 cm³/mol. The quantitative estimate of drug-likeness (QED) is 0.518. The molecule has 1 fully saturated rings. The largest absolute Gasteiger partial charge is 0.383 e. The molecule has 0 aromatic heterocycles. The third-order valence-electron chi connectivity index (χ3n) is 1.98. The van der Waals surface area contributed by atoms with Crippen molar-refractivity contribution in [3.8, 4) is 0 Å². The van der Waals surface area contributed by atoms with Crippen molar-refractivity contribution in [2.75, 3.05) is 33.4 Å². The Balaban J connectivity index is 2.10. The lowest BCUT2D eigenvalue weighted by atomic mass is 10.4. The maximum Gasteiger partial charge on any atom is 0.169 e. The highest BCUT2D eigenvalue weighted by Crippen LogP contribution is 2.06. The summed E-state index contributed by atoms with van der Waals surface area (Å²) in [4.78, 5) is 2.21. The van der Waals surface area contributed by atoms with Crippen molar-refractivity contribution < 1.29 is 4.74 Å². The van der Waals surface area contributed by atoms with Gasteiger partial charge in [-0.3, -0.25) is 0 Å². The third-order valence-corrected chi connectivity index (χ3v) is 2.38. The minimum atomic E-state index is 0.716. The fourth-order valence-corrected chi connectivity index (χ4v) is 1.58. The standard InChI is InChI=1S/C8H16N2OS/c1-11-7-4-9-8(12)10-5-2-3-6-10/h2-7H2,1H3,(H,9,12). The molecule has 1 saturated heterocycles. The van der Waals surface area contributed by atoms with E-state index in [9.17, 15) is 0 Å². The van der Waals surface area contributed by atoms with E-state index < -0.39 is 0 Å². The Bertz CT molecular complexity index is 146. The lowest BCUT2D eigenvalue weighted by Crippen LogP contribution is -2.39. The Morgan fingerprint density at radius 3 is 2.75 bits per heavy atom. The first-order valence-electron chi connectivity index (χ1n) is 4.36. The zero-order valence-corrected chi connectivity index (χ0v) is 8.32. The summed E-state index contributed by atoms with van der Waals surface area (Å²) in [6.07, 6.45) is 2.54. The number of methoxy groups -OCH3 is 1. The molecule has 1 aliphatic heterocycles. The zero-order valence-electron chi connectivity index (χ0n) is 7.51. The summed E-state index contributed by atoms with van der Waals surface area (Å²) in [7, 11) is 1.70. The van der Waals surface area contributed by atoms with Crippen LogP contribution in [-0.4, -0.2) is 43.4 Å². The van der Waals surface area contributed by atoms with Crippen molar-refractivity contribution >= 4 is 17.3 Å². The molecule has 0 bridgehead atoms. The molecule has 1 aliphatic rings. The van der Waals surface area contributed by atoms with Crippen LogP contribution in [-0.2, 0) is 4.74 Å². The number of hydrogen-bond donors (Lipinski definition) is 1. The molecular formula is C8H16N2OS. The van der Waals surface area contributed by atoms with Gasteiger partial charge < -0.3 is 15.0 Å². The number of hydrogen-bond acceptors (Lipinski definition) is 2. The van der Waals surface area contributed by atoms with Gasteiger partial charge in [-0.15, -0.1) is 0 Å². The third kappa shape index (κ3) is 2.95. The van der Waals surface area contributed by atoms with Gasteiger partial charge in [-0.1, -0.05) is 0 Å². The smallest absolute Gasteiger partial charge is 0.169 e. The van der Waals surface area contributed by atoms with Crippen molar-refractivity contribution in [1.29, 1.82) is 0 Å². The molecule has 4 heteroatoms. The monoisotopic (exact) mass is 188 g/mol. The van der Waals surface area contributed by atoms with E-state index in [1.54, 1.807) is 7.11 Å². The normalized spacial score (nSPS) is 16.6. The van der Waals surface area contributed by atoms with Gasteiger partial charge in [-0.2, -0.15) is 0 Å². The summed E-state index contributed by atoms with van der Waals surface area (Å²) < 4.78 is 4.91. The number of rotatable bonds is 3. The summed E-state index contributed by atoms with van der Waals surface area (Å²) in [6.45, 7) is 3.75. The minimum Gasteiger partial charge on any atom is -0.383 e. The Kier molecular flexibility index (Phi) is 4.32. The van der Waals surface area contributed by atoms with Gasteiger partial charge in [-0.25, -0.2) is 0 Å². The van der Waals surface area contributed by atoms with Gasteiger partial charge in [-0.05, 0) is 25.1 Å². The first-order chi connectivity index (χ1) is 5.84. The van der Waals surface area contributed by atoms with Crippen LogP contribution in [0.3, 0.4) is 0 Å². The Morgan fingerprint density at radius 2 is 2.17 bits per heavy atom. The highest BCUT2D eigenvalue weighted by atomic mass is 32.1. The second-order valence-electron chi connectivity index (χ2n) is 2.92. The van der Waals surface area contributed by atoms with Crippen LogP contribution in [0.5, 0.6) is 0 Å². The van der Waals surface area contributed by atoms with Gasteiger partial charge in [0, 0.05) is 26.7 Å². The van der Waals surface area contributed by atoms with Crippen LogP contribution < -0.4 is 5.32 Å². The maximum atomic E-state index is 5.19. The highest BCUT2D eigenvalue weighted by Gasteiger charge is 2.13. The molecule has 0 radical (unpaired) electrons. The summed E-state index contributed by atoms with van der Waals surface area (Å²) in [5.74, 6) is 0. The molecular weight excluding hydrogens is 172 g/mol. The SMILES string of the molecule is COCCNC(=S)N1CCCC1. The highest BCUT2D eigenvalue weighted by molar-refractivity contribution is 7.80. The molecule has 0 saturated carbocycles. The molecule has 0 atom stereocenters. The summed E-state index contributed by atoms with van der Waals surface area (Å²) in [6, 6.07) is 0. The van der Waals surface area contributed by atoms with Gasteiger partial charge in [0.05, 0.1) is 6.61 Å². The van der Waals surface area contributed by atoms with E-state index >= 15 is 0 Å². The fraction of sp³-hybridized carbons (Fsp3) is 0.875. The van der Waals surface area contributed by atoms with E-state index in [1.165, 1.54) is 12.8 Å². The topological polar surface area (TPSA) is 24.5 Å². The van der Waals surface area contributed by atoms with Crippen molar-refractivity contribution in [3.63, 3.8) is 0 Å². The summed E-state index contributed by atoms with van der Waals surface area (Å²) in [5.41, 5.74) is 0. The average Bonchev–Trinajstić information content (AvgIpc) is 2.56. The van der Waals surface area contributed by atoms with Crippen LogP contribution in [0.2, 0.25) is 0 Å². The summed E-state index contributed by atoms with van der Waals surface area (Å²) >= 11 is 5.19. The molecule has 1 N–H and O–H groups in total. The minimum absolute atomic E-state index is 0.716.